The van der Waals surface area contributed by atoms with Gasteiger partial charge in [0.15, 0.2) is 0 Å². The average molecular weight is 708 g/mol. The van der Waals surface area contributed by atoms with Crippen LogP contribution >= 0.6 is 15.9 Å². The van der Waals surface area contributed by atoms with E-state index in [4.69, 9.17) is 9.72 Å². The molecule has 2 aromatic carbocycles. The molecule has 0 amide bonds. The standard InChI is InChI=1S/C31H35BrN10O3S/c1-6-45-28-14-27-19(20-15-36-41(4)26(20)9-12-42(27)18(2)3)13-25(28)39-31-35-17-22(32)30(40-31)38-23-7-8-24-29(34-11-10-33-24)21(23)16-37-46(5,43)44/h7-8,10-11,13-15,17-18,37H,6,9,12,16H2,1-5H3,(H2,35,38,39,40). The Morgan fingerprint density at radius 1 is 1.04 bits per heavy atom. The maximum atomic E-state index is 12.0. The Morgan fingerprint density at radius 3 is 2.61 bits per heavy atom. The van der Waals surface area contributed by atoms with Gasteiger partial charge in [-0.2, -0.15) is 10.1 Å². The Bertz CT molecular complexity index is 2030. The number of benzene rings is 2. The van der Waals surface area contributed by atoms with Crippen LogP contribution in [-0.4, -0.2) is 63.6 Å². The fourth-order valence-electron chi connectivity index (χ4n) is 5.62. The lowest BCUT2D eigenvalue weighted by atomic mass is 10.0. The Balaban J connectivity index is 1.39. The van der Waals surface area contributed by atoms with E-state index in [-0.39, 0.29) is 12.6 Å². The minimum absolute atomic E-state index is 0.0155. The molecule has 46 heavy (non-hydrogen) atoms. The van der Waals surface area contributed by atoms with Crippen LogP contribution in [0.4, 0.5) is 28.8 Å². The van der Waals surface area contributed by atoms with Crippen molar-refractivity contribution in [2.75, 3.05) is 34.9 Å². The number of aryl methyl sites for hydroxylation is 1. The lowest BCUT2D eigenvalue weighted by Gasteiger charge is -2.30. The summed E-state index contributed by atoms with van der Waals surface area (Å²) in [5.41, 5.74) is 7.57. The van der Waals surface area contributed by atoms with Gasteiger partial charge >= 0.3 is 0 Å². The molecular formula is C31H35BrN10O3S. The number of hydrogen-bond acceptors (Lipinski definition) is 11. The molecule has 0 saturated carbocycles. The van der Waals surface area contributed by atoms with E-state index >= 15 is 0 Å². The highest BCUT2D eigenvalue weighted by Gasteiger charge is 2.26. The topological polar surface area (TPSA) is 152 Å². The van der Waals surface area contributed by atoms with E-state index in [1.54, 1.807) is 18.6 Å². The highest BCUT2D eigenvalue weighted by Crippen LogP contribution is 2.44. The highest BCUT2D eigenvalue weighted by molar-refractivity contribution is 9.10. The number of aromatic nitrogens is 6. The summed E-state index contributed by atoms with van der Waals surface area (Å²) in [6, 6.07) is 8.09. The molecule has 0 unspecified atom stereocenters. The molecule has 0 saturated heterocycles. The molecule has 1 aliphatic heterocycles. The lowest BCUT2D eigenvalue weighted by Crippen LogP contribution is -2.32. The molecule has 6 rings (SSSR count). The molecule has 3 aromatic heterocycles. The maximum Gasteiger partial charge on any atom is 0.229 e. The van der Waals surface area contributed by atoms with Crippen LogP contribution in [0.3, 0.4) is 0 Å². The molecule has 13 nitrogen and oxygen atoms in total. The molecule has 4 heterocycles. The quantitative estimate of drug-likeness (QED) is 0.174. The van der Waals surface area contributed by atoms with E-state index in [2.05, 4.69) is 82.2 Å². The van der Waals surface area contributed by atoms with Crippen molar-refractivity contribution in [3.63, 3.8) is 0 Å². The number of anilines is 5. The van der Waals surface area contributed by atoms with Gasteiger partial charge < -0.3 is 20.3 Å². The van der Waals surface area contributed by atoms with Gasteiger partial charge in [-0.3, -0.25) is 14.6 Å². The van der Waals surface area contributed by atoms with E-state index in [1.165, 1.54) is 5.69 Å². The molecular weight excluding hydrogens is 672 g/mol. The van der Waals surface area contributed by atoms with Crippen LogP contribution in [0.25, 0.3) is 22.2 Å². The Kier molecular flexibility index (Phi) is 8.81. The summed E-state index contributed by atoms with van der Waals surface area (Å²) in [5, 5.41) is 11.3. The second kappa shape index (κ2) is 12.8. The third-order valence-corrected chi connectivity index (χ3v) is 9.02. The van der Waals surface area contributed by atoms with Crippen molar-refractivity contribution in [3.05, 3.63) is 64.8 Å². The summed E-state index contributed by atoms with van der Waals surface area (Å²) < 4.78 is 35.2. The van der Waals surface area contributed by atoms with E-state index in [0.717, 1.165) is 36.0 Å². The van der Waals surface area contributed by atoms with Crippen molar-refractivity contribution in [1.82, 2.24) is 34.4 Å². The largest absolute Gasteiger partial charge is 0.492 e. The molecule has 15 heteroatoms. The van der Waals surface area contributed by atoms with Gasteiger partial charge in [0.2, 0.25) is 16.0 Å². The zero-order valence-electron chi connectivity index (χ0n) is 26.2. The predicted molar refractivity (Wildman–Crippen MR) is 184 cm³/mol. The zero-order chi connectivity index (χ0) is 32.6. The molecule has 1 aliphatic rings. The molecule has 3 N–H and O–H groups in total. The van der Waals surface area contributed by atoms with Crippen molar-refractivity contribution >= 4 is 65.8 Å². The van der Waals surface area contributed by atoms with Crippen LogP contribution in [0.1, 0.15) is 32.0 Å². The fraction of sp³-hybridized carbons (Fsp3) is 0.323. The Hall–Kier alpha value is -4.34. The molecule has 0 spiro atoms. The normalized spacial score (nSPS) is 13.0. The first-order valence-electron chi connectivity index (χ1n) is 14.8. The van der Waals surface area contributed by atoms with Crippen LogP contribution in [0.15, 0.2) is 53.5 Å². The van der Waals surface area contributed by atoms with Crippen LogP contribution in [0, 0.1) is 0 Å². The van der Waals surface area contributed by atoms with Crippen molar-refractivity contribution in [1.29, 1.82) is 0 Å². The van der Waals surface area contributed by atoms with Crippen molar-refractivity contribution in [2.45, 2.75) is 39.8 Å². The Morgan fingerprint density at radius 2 is 1.85 bits per heavy atom. The molecule has 0 radical (unpaired) electrons. The van der Waals surface area contributed by atoms with Crippen molar-refractivity contribution in [2.24, 2.45) is 7.05 Å². The van der Waals surface area contributed by atoms with Gasteiger partial charge in [-0.15, -0.1) is 0 Å². The summed E-state index contributed by atoms with van der Waals surface area (Å²) in [6.45, 7) is 7.71. The molecule has 5 aromatic rings. The smallest absolute Gasteiger partial charge is 0.229 e. The Labute approximate surface area is 276 Å². The van der Waals surface area contributed by atoms with Crippen molar-refractivity contribution in [3.8, 4) is 16.9 Å². The molecule has 0 aliphatic carbocycles. The predicted octanol–water partition coefficient (Wildman–Crippen LogP) is 5.29. The summed E-state index contributed by atoms with van der Waals surface area (Å²) in [4.78, 5) is 20.5. The van der Waals surface area contributed by atoms with Gasteiger partial charge in [0.05, 0.1) is 40.3 Å². The van der Waals surface area contributed by atoms with Gasteiger partial charge in [-0.25, -0.2) is 18.1 Å². The van der Waals surface area contributed by atoms with Gasteiger partial charge in [0, 0.05) is 91.0 Å². The monoisotopic (exact) mass is 706 g/mol. The van der Waals surface area contributed by atoms with Gasteiger partial charge in [0.1, 0.15) is 11.6 Å². The molecule has 0 fully saturated rings. The SMILES string of the molecule is CCOc1cc2c(cc1Nc1ncc(Br)c(Nc3ccc4nccnc4c3CNS(C)(=O)=O)n1)-c1cnn(C)c1CCN2C(C)C. The number of hydrogen-bond donors (Lipinski definition) is 3. The average Bonchev–Trinajstić information content (AvgIpc) is 3.29. The summed E-state index contributed by atoms with van der Waals surface area (Å²) >= 11 is 3.56. The van der Waals surface area contributed by atoms with Crippen LogP contribution in [0.2, 0.25) is 0 Å². The maximum absolute atomic E-state index is 12.0. The molecule has 0 bridgehead atoms. The number of rotatable bonds is 10. The first kappa shape index (κ1) is 31.6. The number of fused-ring (bicyclic) bond motifs is 4. The van der Waals surface area contributed by atoms with Crippen LogP contribution in [0.5, 0.6) is 5.75 Å². The van der Waals surface area contributed by atoms with E-state index in [0.29, 0.717) is 56.6 Å². The highest BCUT2D eigenvalue weighted by atomic mass is 79.9. The van der Waals surface area contributed by atoms with Gasteiger partial charge in [0.25, 0.3) is 0 Å². The zero-order valence-corrected chi connectivity index (χ0v) is 28.6. The van der Waals surface area contributed by atoms with E-state index in [9.17, 15) is 8.42 Å². The number of nitrogens with zero attached hydrogens (tertiary/aromatic N) is 7. The fourth-order valence-corrected chi connectivity index (χ4v) is 6.32. The van der Waals surface area contributed by atoms with Crippen LogP contribution < -0.4 is 25.0 Å². The minimum Gasteiger partial charge on any atom is -0.492 e. The minimum atomic E-state index is -3.46. The second-order valence-electron chi connectivity index (χ2n) is 11.2. The number of halogens is 1. The summed E-state index contributed by atoms with van der Waals surface area (Å²) in [6.07, 6.45) is 8.73. The lowest BCUT2D eigenvalue weighted by molar-refractivity contribution is 0.342. The van der Waals surface area contributed by atoms with Gasteiger partial charge in [-0.05, 0) is 54.9 Å². The first-order chi connectivity index (χ1) is 22.0. The summed E-state index contributed by atoms with van der Waals surface area (Å²) in [5.74, 6) is 1.49. The third kappa shape index (κ3) is 6.48. The van der Waals surface area contributed by atoms with E-state index < -0.39 is 10.0 Å². The molecule has 240 valence electrons. The number of sulfonamides is 1. The van der Waals surface area contributed by atoms with Gasteiger partial charge in [-0.1, -0.05) is 0 Å². The van der Waals surface area contributed by atoms with E-state index in [1.807, 2.05) is 37.0 Å². The number of ether oxygens (including phenoxy) is 1. The van der Waals surface area contributed by atoms with Crippen molar-refractivity contribution < 1.29 is 13.2 Å². The van der Waals surface area contributed by atoms with Crippen LogP contribution in [-0.2, 0) is 30.0 Å². The first-order valence-corrected chi connectivity index (χ1v) is 17.5. The second-order valence-corrected chi connectivity index (χ2v) is 13.9. The summed E-state index contributed by atoms with van der Waals surface area (Å²) in [7, 11) is -1.49. The third-order valence-electron chi connectivity index (χ3n) is 7.77. The number of nitrogens with one attached hydrogen (secondary N) is 3. The molecule has 0 atom stereocenters.